The molecule has 0 fully saturated rings. The predicted octanol–water partition coefficient (Wildman–Crippen LogP) is 22.1. The summed E-state index contributed by atoms with van der Waals surface area (Å²) in [7, 11) is 0. The van der Waals surface area contributed by atoms with Crippen molar-refractivity contribution in [1.82, 2.24) is 13.7 Å². The van der Waals surface area contributed by atoms with E-state index in [1.165, 1.54) is 211 Å². The molecule has 20 aromatic carbocycles. The quantitative estimate of drug-likeness (QED) is 0.148. The van der Waals surface area contributed by atoms with Crippen LogP contribution in [0.3, 0.4) is 0 Å². The fourth-order valence-corrected chi connectivity index (χ4v) is 24.9. The lowest BCUT2D eigenvalue weighted by Gasteiger charge is -2.51. The number of benzene rings is 20. The Morgan fingerprint density at radius 2 is 0.331 bits per heavy atom. The molecule has 0 amide bonds. The summed E-state index contributed by atoms with van der Waals surface area (Å²) in [5.74, 6) is 0. The van der Waals surface area contributed by atoms with E-state index in [1.807, 2.05) is 0 Å². The van der Waals surface area contributed by atoms with Crippen LogP contribution < -0.4 is 95.0 Å². The molecule has 0 atom stereocenters. The molecule has 0 aliphatic carbocycles. The zero-order valence-corrected chi connectivity index (χ0v) is 72.1. The molecular weight excluding hydrogens is 1610 g/mol. The molecule has 11 heterocycles. The van der Waals surface area contributed by atoms with Gasteiger partial charge in [0, 0.05) is 152 Å². The molecule has 612 valence electrons. The van der Waals surface area contributed by atoms with Crippen LogP contribution in [-0.4, -0.2) is 40.6 Å². The lowest BCUT2D eigenvalue weighted by Crippen LogP contribution is -2.68. The van der Waals surface area contributed by atoms with Gasteiger partial charge in [0.05, 0.1) is 33.1 Å². The lowest BCUT2D eigenvalue weighted by molar-refractivity contribution is 1.17. The molecule has 23 aromatic rings. The SMILES string of the molecule is c1ccc(N2c3ccccc3B3c4ccccc4N4c5cc6c(cc5B5c7cc8c9ccccc9n(-c9ccccc9)c8cc7N(c7ccccc7)c7cc2c3c4c75)c2ccccc2n6-c2ccccc2)cc1.c1ccc(N2c3ccccc3B3c4ccccc4N4c5cc6c(cc5B5c7ccccc7N(c7ccccc7)c7cc2c3c4c75)c2ccccc2n6-c2ccccc2)cc1. The Morgan fingerprint density at radius 1 is 0.128 bits per heavy atom. The third kappa shape index (κ3) is 9.98. The number of para-hydroxylation sites is 15. The Bertz CT molecular complexity index is 8890. The molecule has 8 aliphatic heterocycles. The number of aromatic nitrogens is 3. The van der Waals surface area contributed by atoms with Gasteiger partial charge in [-0.2, -0.15) is 0 Å². The van der Waals surface area contributed by atoms with E-state index in [-0.39, 0.29) is 26.9 Å². The third-order valence-electron chi connectivity index (χ3n) is 29.9. The van der Waals surface area contributed by atoms with Gasteiger partial charge in [0.15, 0.2) is 0 Å². The molecule has 0 saturated carbocycles. The van der Waals surface area contributed by atoms with Crippen LogP contribution >= 0.6 is 0 Å². The first kappa shape index (κ1) is 72.8. The van der Waals surface area contributed by atoms with Crippen molar-refractivity contribution in [3.63, 3.8) is 0 Å². The van der Waals surface area contributed by atoms with Crippen molar-refractivity contribution in [2.24, 2.45) is 0 Å². The minimum atomic E-state index is -0.115. The predicted molar refractivity (Wildman–Crippen MR) is 563 cm³/mol. The van der Waals surface area contributed by atoms with Crippen LogP contribution in [0.2, 0.25) is 0 Å². The smallest absolute Gasteiger partial charge is 0.252 e. The fraction of sp³-hybridized carbons (Fsp3) is 0. The highest BCUT2D eigenvalue weighted by Crippen LogP contribution is 2.55. The van der Waals surface area contributed by atoms with E-state index >= 15 is 0 Å². The second kappa shape index (κ2) is 27.7. The maximum Gasteiger partial charge on any atom is 0.252 e. The summed E-state index contributed by atoms with van der Waals surface area (Å²) >= 11 is 0. The van der Waals surface area contributed by atoms with Crippen molar-refractivity contribution in [2.45, 2.75) is 0 Å². The van der Waals surface area contributed by atoms with Gasteiger partial charge in [0.1, 0.15) is 0 Å². The van der Waals surface area contributed by atoms with Crippen LogP contribution in [0, 0.1) is 0 Å². The van der Waals surface area contributed by atoms with E-state index in [9.17, 15) is 0 Å². The van der Waals surface area contributed by atoms with E-state index in [0.29, 0.717) is 0 Å². The molecule has 133 heavy (non-hydrogen) atoms. The summed E-state index contributed by atoms with van der Waals surface area (Å²) in [5, 5.41) is 7.53. The molecule has 9 nitrogen and oxygen atoms in total. The number of anilines is 18. The van der Waals surface area contributed by atoms with Gasteiger partial charge >= 0.3 is 0 Å². The molecule has 31 rings (SSSR count). The molecule has 0 radical (unpaired) electrons. The van der Waals surface area contributed by atoms with Crippen LogP contribution in [-0.2, 0) is 0 Å². The first-order chi connectivity index (χ1) is 66.1. The van der Waals surface area contributed by atoms with Crippen LogP contribution in [0.4, 0.5) is 102 Å². The van der Waals surface area contributed by atoms with Crippen molar-refractivity contribution in [1.29, 1.82) is 0 Å². The number of rotatable bonds is 7. The molecule has 8 aliphatic rings. The second-order valence-electron chi connectivity index (χ2n) is 36.4. The van der Waals surface area contributed by atoms with Crippen LogP contribution in [0.25, 0.3) is 82.5 Å². The number of hydrogen-bond donors (Lipinski definition) is 0. The van der Waals surface area contributed by atoms with Gasteiger partial charge in [-0.1, -0.05) is 291 Å². The van der Waals surface area contributed by atoms with Gasteiger partial charge in [-0.05, 0) is 229 Å². The third-order valence-corrected chi connectivity index (χ3v) is 29.9. The number of hydrogen-bond acceptors (Lipinski definition) is 6. The lowest BCUT2D eigenvalue weighted by atomic mass is 9.28. The Labute approximate surface area is 770 Å². The topological polar surface area (TPSA) is 34.2 Å². The van der Waals surface area contributed by atoms with Gasteiger partial charge in [0.2, 0.25) is 0 Å². The highest BCUT2D eigenvalue weighted by atomic mass is 15.2. The largest absolute Gasteiger partial charge is 0.312 e. The molecule has 0 bridgehead atoms. The van der Waals surface area contributed by atoms with E-state index < -0.39 is 0 Å². The maximum absolute atomic E-state index is 2.67. The first-order valence-electron chi connectivity index (χ1n) is 46.4. The van der Waals surface area contributed by atoms with Gasteiger partial charge in [-0.3, -0.25) is 0 Å². The molecule has 3 aromatic heterocycles. The summed E-state index contributed by atoms with van der Waals surface area (Å²) in [6.07, 6.45) is 0. The van der Waals surface area contributed by atoms with Gasteiger partial charge < -0.3 is 43.1 Å². The summed E-state index contributed by atoms with van der Waals surface area (Å²) in [5.41, 5.74) is 48.4. The molecule has 13 heteroatoms. The molecule has 0 N–H and O–H groups in total. The molecule has 0 saturated heterocycles. The summed E-state index contributed by atoms with van der Waals surface area (Å²) in [6, 6.07) is 170. The average Bonchev–Trinajstić information content (AvgIpc) is 1.52. The summed E-state index contributed by atoms with van der Waals surface area (Å²) in [6.45, 7) is -0.0677. The monoisotopic (exact) mass is 1690 g/mol. The van der Waals surface area contributed by atoms with E-state index in [1.54, 1.807) is 0 Å². The first-order valence-corrected chi connectivity index (χ1v) is 46.4. The van der Waals surface area contributed by atoms with Crippen LogP contribution in [0.1, 0.15) is 0 Å². The van der Waals surface area contributed by atoms with Crippen molar-refractivity contribution in [3.05, 3.63) is 455 Å². The molecule has 0 unspecified atom stereocenters. The molecular formula is C120H75B4N9. The van der Waals surface area contributed by atoms with Gasteiger partial charge in [-0.15, -0.1) is 0 Å². The Balaban J connectivity index is 0.000000130. The Hall–Kier alpha value is -17.1. The van der Waals surface area contributed by atoms with E-state index in [4.69, 9.17) is 0 Å². The van der Waals surface area contributed by atoms with E-state index in [0.717, 1.165) is 39.8 Å². The maximum atomic E-state index is 2.67. The summed E-state index contributed by atoms with van der Waals surface area (Å²) in [4.78, 5) is 15.5. The Kier molecular flexibility index (Phi) is 15.2. The average molecular weight is 1690 g/mol. The zero-order valence-electron chi connectivity index (χ0n) is 72.1. The zero-order chi connectivity index (χ0) is 86.5. The summed E-state index contributed by atoms with van der Waals surface area (Å²) < 4.78 is 7.41. The minimum Gasteiger partial charge on any atom is -0.312 e. The van der Waals surface area contributed by atoms with Gasteiger partial charge in [-0.25, -0.2) is 0 Å². The standard InChI is InChI=1S/C66H41B2N5.C54H34B2N4/c1-5-21-42(22-6-1)69-54-33-17-13-29-46(54)48-37-52-60(39-58(48)69)72(45-27-11-4-12-28-45)63-41-62-64-66-65(63)68(52)53-38-49-47-30-14-18-34-55(47)70(43-23-7-2-8-24-43)59(49)40-61(53)73(66)57-36-20-16-32-51(57)67(64)50-31-15-19-35-56(50)71(62)44-25-9-3-10-26-44;1-4-18-35(19-5-1)57-44-28-14-10-24-38(44)39-32-43-49(33-48(39)57)60-47-31-17-13-27-42(47)55-40-25-11-15-29-45(40)58(36-20-6-2-7-21-36)50-34-51-53(54(60)52(50)55)56(43)41-26-12-16-30-46(41)59(51)37-22-8-3-9-23-37/h1-41H;1-34H. The Morgan fingerprint density at radius 3 is 0.609 bits per heavy atom. The van der Waals surface area contributed by atoms with Crippen LogP contribution in [0.5, 0.6) is 0 Å². The van der Waals surface area contributed by atoms with Gasteiger partial charge in [0.25, 0.3) is 26.9 Å². The molecule has 0 spiro atoms. The van der Waals surface area contributed by atoms with Crippen molar-refractivity contribution in [2.75, 3.05) is 29.4 Å². The highest BCUT2D eigenvalue weighted by Gasteiger charge is 2.55. The highest BCUT2D eigenvalue weighted by molar-refractivity contribution is 7.06. The number of fused-ring (bicyclic) bond motifs is 29. The second-order valence-corrected chi connectivity index (χ2v) is 36.4. The minimum absolute atomic E-state index is 0.000734. The van der Waals surface area contributed by atoms with Crippen LogP contribution in [0.15, 0.2) is 455 Å². The fourth-order valence-electron chi connectivity index (χ4n) is 24.9. The van der Waals surface area contributed by atoms with Crippen molar-refractivity contribution in [3.8, 4) is 17.1 Å². The number of nitrogens with zero attached hydrogens (tertiary/aromatic N) is 9. The van der Waals surface area contributed by atoms with Crippen molar-refractivity contribution < 1.29 is 0 Å². The van der Waals surface area contributed by atoms with Crippen molar-refractivity contribution >= 4 is 260 Å². The normalized spacial score (nSPS) is 13.7. The van der Waals surface area contributed by atoms with E-state index in [2.05, 4.69) is 498 Å².